The van der Waals surface area contributed by atoms with E-state index in [0.29, 0.717) is 17.7 Å². The molecule has 1 aromatic heterocycles. The van der Waals surface area contributed by atoms with Gasteiger partial charge in [0.1, 0.15) is 0 Å². The number of sulfonamides is 1. The Bertz CT molecular complexity index is 857. The zero-order valence-corrected chi connectivity index (χ0v) is 15.6. The molecule has 0 radical (unpaired) electrons. The number of benzene rings is 1. The Labute approximate surface area is 148 Å². The standard InChI is InChI=1S/C18H23N3O3S/c1-13-5-6-15(25(23,24)21-18(2,3)4)11-16(13)17(22)20-12-14-7-9-19-10-8-14/h5-11,21H,12H2,1-4H3,(H,20,22). The summed E-state index contributed by atoms with van der Waals surface area (Å²) >= 11 is 0. The molecule has 2 N–H and O–H groups in total. The summed E-state index contributed by atoms with van der Waals surface area (Å²) in [5.74, 6) is -0.317. The van der Waals surface area contributed by atoms with Crippen molar-refractivity contribution >= 4 is 15.9 Å². The third kappa shape index (κ3) is 5.37. The van der Waals surface area contributed by atoms with Gasteiger partial charge < -0.3 is 5.32 Å². The number of nitrogens with one attached hydrogen (secondary N) is 2. The Morgan fingerprint density at radius 2 is 1.76 bits per heavy atom. The van der Waals surface area contributed by atoms with Crippen LogP contribution in [0, 0.1) is 6.92 Å². The second-order valence-electron chi connectivity index (χ2n) is 6.87. The van der Waals surface area contributed by atoms with Gasteiger partial charge in [-0.3, -0.25) is 9.78 Å². The summed E-state index contributed by atoms with van der Waals surface area (Å²) in [6, 6.07) is 8.16. The number of hydrogen-bond acceptors (Lipinski definition) is 4. The molecule has 0 bridgehead atoms. The van der Waals surface area contributed by atoms with E-state index in [4.69, 9.17) is 0 Å². The number of nitrogens with zero attached hydrogens (tertiary/aromatic N) is 1. The Morgan fingerprint density at radius 3 is 2.36 bits per heavy atom. The van der Waals surface area contributed by atoms with E-state index < -0.39 is 15.6 Å². The lowest BCUT2D eigenvalue weighted by molar-refractivity contribution is 0.0950. The zero-order valence-electron chi connectivity index (χ0n) is 14.8. The Balaban J connectivity index is 2.22. The molecule has 0 spiro atoms. The number of aromatic nitrogens is 1. The molecule has 1 amide bonds. The summed E-state index contributed by atoms with van der Waals surface area (Å²) in [5.41, 5.74) is 1.36. The normalized spacial score (nSPS) is 12.0. The van der Waals surface area contributed by atoms with Gasteiger partial charge in [0.2, 0.25) is 10.0 Å². The van der Waals surface area contributed by atoms with E-state index in [9.17, 15) is 13.2 Å². The van der Waals surface area contributed by atoms with E-state index in [0.717, 1.165) is 5.56 Å². The summed E-state index contributed by atoms with van der Waals surface area (Å²) in [5, 5.41) is 2.80. The second-order valence-corrected chi connectivity index (χ2v) is 8.55. The molecule has 6 nitrogen and oxygen atoms in total. The van der Waals surface area contributed by atoms with Gasteiger partial charge in [-0.15, -0.1) is 0 Å². The monoisotopic (exact) mass is 361 g/mol. The van der Waals surface area contributed by atoms with Gasteiger partial charge in [0.05, 0.1) is 4.90 Å². The molecule has 134 valence electrons. The predicted molar refractivity (Wildman–Crippen MR) is 96.7 cm³/mol. The smallest absolute Gasteiger partial charge is 0.251 e. The van der Waals surface area contributed by atoms with Gasteiger partial charge in [-0.25, -0.2) is 13.1 Å². The summed E-state index contributed by atoms with van der Waals surface area (Å²) < 4.78 is 27.5. The third-order valence-electron chi connectivity index (χ3n) is 3.41. The lowest BCUT2D eigenvalue weighted by Crippen LogP contribution is -2.40. The number of pyridine rings is 1. The van der Waals surface area contributed by atoms with Crippen molar-refractivity contribution in [2.75, 3.05) is 0 Å². The van der Waals surface area contributed by atoms with Crippen molar-refractivity contribution in [3.63, 3.8) is 0 Å². The molecule has 0 atom stereocenters. The van der Waals surface area contributed by atoms with Crippen LogP contribution in [0.3, 0.4) is 0 Å². The van der Waals surface area contributed by atoms with E-state index in [1.807, 2.05) is 0 Å². The highest BCUT2D eigenvalue weighted by Gasteiger charge is 2.23. The lowest BCUT2D eigenvalue weighted by Gasteiger charge is -2.20. The minimum Gasteiger partial charge on any atom is -0.348 e. The van der Waals surface area contributed by atoms with Crippen LogP contribution < -0.4 is 10.0 Å². The van der Waals surface area contributed by atoms with Crippen LogP contribution in [0.25, 0.3) is 0 Å². The minimum absolute atomic E-state index is 0.0714. The second kappa shape index (κ2) is 7.33. The number of amides is 1. The number of carbonyl (C=O) groups is 1. The van der Waals surface area contributed by atoms with E-state index >= 15 is 0 Å². The van der Waals surface area contributed by atoms with Gasteiger partial charge in [0.25, 0.3) is 5.91 Å². The van der Waals surface area contributed by atoms with Crippen LogP contribution in [0.1, 0.15) is 42.3 Å². The average molecular weight is 361 g/mol. The summed E-state index contributed by atoms with van der Waals surface area (Å²) in [6.07, 6.45) is 3.30. The average Bonchev–Trinajstić information content (AvgIpc) is 2.51. The molecule has 25 heavy (non-hydrogen) atoms. The van der Waals surface area contributed by atoms with Crippen molar-refractivity contribution in [3.8, 4) is 0 Å². The fourth-order valence-corrected chi connectivity index (χ4v) is 3.70. The molecule has 1 heterocycles. The van der Waals surface area contributed by atoms with E-state index in [-0.39, 0.29) is 10.8 Å². The molecule has 7 heteroatoms. The quantitative estimate of drug-likeness (QED) is 0.856. The maximum atomic E-state index is 12.5. The molecule has 0 aliphatic carbocycles. The fourth-order valence-electron chi connectivity index (χ4n) is 2.25. The molecule has 0 fully saturated rings. The number of rotatable bonds is 5. The Morgan fingerprint density at radius 1 is 1.12 bits per heavy atom. The fraction of sp³-hybridized carbons (Fsp3) is 0.333. The molecule has 2 aromatic rings. The first-order valence-corrected chi connectivity index (χ1v) is 9.38. The van der Waals surface area contributed by atoms with Crippen LogP contribution in [0.2, 0.25) is 0 Å². The molecule has 2 rings (SSSR count). The largest absolute Gasteiger partial charge is 0.348 e. The van der Waals surface area contributed by atoms with Gasteiger partial charge in [-0.05, 0) is 63.1 Å². The van der Waals surface area contributed by atoms with Crippen molar-refractivity contribution in [2.45, 2.75) is 44.7 Å². The van der Waals surface area contributed by atoms with Crippen molar-refractivity contribution in [2.24, 2.45) is 0 Å². The highest BCUT2D eigenvalue weighted by Crippen LogP contribution is 2.18. The summed E-state index contributed by atoms with van der Waals surface area (Å²) in [6.45, 7) is 7.41. The van der Waals surface area contributed by atoms with Crippen molar-refractivity contribution in [1.82, 2.24) is 15.0 Å². The predicted octanol–water partition coefficient (Wildman–Crippen LogP) is 2.40. The van der Waals surface area contributed by atoms with Gasteiger partial charge in [-0.1, -0.05) is 6.07 Å². The molecule has 1 aromatic carbocycles. The maximum absolute atomic E-state index is 12.5. The minimum atomic E-state index is -3.70. The number of carbonyl (C=O) groups excluding carboxylic acids is 1. The van der Waals surface area contributed by atoms with Crippen LogP contribution in [0.5, 0.6) is 0 Å². The van der Waals surface area contributed by atoms with Crippen LogP contribution in [-0.4, -0.2) is 24.8 Å². The highest BCUT2D eigenvalue weighted by atomic mass is 32.2. The van der Waals surface area contributed by atoms with Gasteiger partial charge in [0.15, 0.2) is 0 Å². The topological polar surface area (TPSA) is 88.2 Å². The molecular weight excluding hydrogens is 338 g/mol. The van der Waals surface area contributed by atoms with Crippen molar-refractivity contribution < 1.29 is 13.2 Å². The van der Waals surface area contributed by atoms with Crippen molar-refractivity contribution in [3.05, 3.63) is 59.4 Å². The first-order valence-electron chi connectivity index (χ1n) is 7.90. The highest BCUT2D eigenvalue weighted by molar-refractivity contribution is 7.89. The Hall–Kier alpha value is -2.25. The van der Waals surface area contributed by atoms with Gasteiger partial charge in [0, 0.05) is 30.0 Å². The third-order valence-corrected chi connectivity index (χ3v) is 5.16. The summed E-state index contributed by atoms with van der Waals surface area (Å²) in [4.78, 5) is 16.5. The number of hydrogen-bond donors (Lipinski definition) is 2. The van der Waals surface area contributed by atoms with Crippen LogP contribution >= 0.6 is 0 Å². The van der Waals surface area contributed by atoms with Gasteiger partial charge in [-0.2, -0.15) is 0 Å². The van der Waals surface area contributed by atoms with Crippen molar-refractivity contribution in [1.29, 1.82) is 0 Å². The van der Waals surface area contributed by atoms with E-state index in [1.165, 1.54) is 12.1 Å². The number of aryl methyl sites for hydroxylation is 1. The van der Waals surface area contributed by atoms with E-state index in [2.05, 4.69) is 15.0 Å². The van der Waals surface area contributed by atoms with E-state index in [1.54, 1.807) is 58.3 Å². The summed E-state index contributed by atoms with van der Waals surface area (Å²) in [7, 11) is -3.70. The maximum Gasteiger partial charge on any atom is 0.251 e. The first-order chi connectivity index (χ1) is 11.6. The molecular formula is C18H23N3O3S. The molecule has 0 aliphatic heterocycles. The first kappa shape index (κ1) is 19.1. The van der Waals surface area contributed by atoms with Gasteiger partial charge >= 0.3 is 0 Å². The lowest BCUT2D eigenvalue weighted by atomic mass is 10.1. The van der Waals surface area contributed by atoms with Crippen LogP contribution in [0.4, 0.5) is 0 Å². The molecule has 0 unspecified atom stereocenters. The molecule has 0 saturated heterocycles. The SMILES string of the molecule is Cc1ccc(S(=O)(=O)NC(C)(C)C)cc1C(=O)NCc1ccncc1. The van der Waals surface area contributed by atoms with Crippen LogP contribution in [0.15, 0.2) is 47.6 Å². The molecule has 0 aliphatic rings. The zero-order chi connectivity index (χ0) is 18.7. The van der Waals surface area contributed by atoms with Crippen LogP contribution in [-0.2, 0) is 16.6 Å². The molecule has 0 saturated carbocycles. The Kier molecular flexibility index (Phi) is 5.59.